The standard InChI is InChI=1S/C22H20ClN7O5S2/c1-2-35-27-14(13-17(23)37-22(24)26-13)18(31)25-15-19(32)30-16(21(33)34)11(10-36-20(15)30)9-29-8-7-28-6-4-3-5-12(28)29/h3-8,15,20H,2,9-10H2,1H3,(H3-,24,25,26,31,33,34)/b27-14-/t15-,20-/m1/s1. The number of imidazole rings is 1. The first-order valence-electron chi connectivity index (χ1n) is 11.1. The van der Waals surface area contributed by atoms with Crippen molar-refractivity contribution in [1.82, 2.24) is 19.6 Å². The van der Waals surface area contributed by atoms with Crippen molar-refractivity contribution in [3.8, 4) is 0 Å². The van der Waals surface area contributed by atoms with E-state index in [1.165, 1.54) is 11.8 Å². The van der Waals surface area contributed by atoms with Gasteiger partial charge in [0.15, 0.2) is 10.8 Å². The van der Waals surface area contributed by atoms with Crippen LogP contribution in [-0.2, 0) is 25.8 Å². The highest BCUT2D eigenvalue weighted by Crippen LogP contribution is 2.40. The number of carbonyl (C=O) groups excluding carboxylic acids is 3. The van der Waals surface area contributed by atoms with Crippen molar-refractivity contribution in [3.63, 3.8) is 0 Å². The summed E-state index contributed by atoms with van der Waals surface area (Å²) >= 11 is 8.46. The number of nitrogens with two attached hydrogens (primary N) is 1. The average Bonchev–Trinajstić information content (AvgIpc) is 3.44. The SMILES string of the molecule is CCO/N=C(\C(=O)N[C@@H]1C(=O)N2C(C(=O)[O-])=C(C[n+]3ccn4ccccc43)CS[C@H]12)c1nc(N)sc1Cl. The molecule has 2 aliphatic heterocycles. The van der Waals surface area contributed by atoms with Crippen molar-refractivity contribution < 1.29 is 28.9 Å². The minimum Gasteiger partial charge on any atom is -0.543 e. The molecule has 5 rings (SSSR count). The third-order valence-corrected chi connectivity index (χ3v) is 8.21. The van der Waals surface area contributed by atoms with Crippen LogP contribution in [0.3, 0.4) is 0 Å². The number of nitrogens with zero attached hydrogens (tertiary/aromatic N) is 5. The molecule has 0 aromatic carbocycles. The highest BCUT2D eigenvalue weighted by atomic mass is 35.5. The van der Waals surface area contributed by atoms with Gasteiger partial charge in [-0.1, -0.05) is 34.2 Å². The number of carboxylic acids is 1. The lowest BCUT2D eigenvalue weighted by atomic mass is 10.0. The number of rotatable bonds is 8. The number of nitrogens with one attached hydrogen (secondary N) is 1. The number of fused-ring (bicyclic) bond motifs is 2. The maximum Gasteiger partial charge on any atom is 0.286 e. The molecular weight excluding hydrogens is 542 g/mol. The van der Waals surface area contributed by atoms with Gasteiger partial charge in [0.2, 0.25) is 0 Å². The van der Waals surface area contributed by atoms with Crippen LogP contribution in [0.4, 0.5) is 5.13 Å². The molecule has 1 fully saturated rings. The molecule has 2 amide bonds. The number of aromatic nitrogens is 3. The van der Waals surface area contributed by atoms with Gasteiger partial charge in [0.25, 0.3) is 17.5 Å². The smallest absolute Gasteiger partial charge is 0.286 e. The summed E-state index contributed by atoms with van der Waals surface area (Å²) in [6.45, 7) is 2.13. The van der Waals surface area contributed by atoms with Crippen LogP contribution in [-0.4, -0.2) is 61.6 Å². The third kappa shape index (κ3) is 4.51. The zero-order chi connectivity index (χ0) is 26.3. The van der Waals surface area contributed by atoms with Crippen LogP contribution >= 0.6 is 34.7 Å². The summed E-state index contributed by atoms with van der Waals surface area (Å²) in [5, 5.41) is 18.1. The molecule has 15 heteroatoms. The van der Waals surface area contributed by atoms with E-state index in [-0.39, 0.29) is 39.7 Å². The highest BCUT2D eigenvalue weighted by Gasteiger charge is 2.53. The second kappa shape index (κ2) is 10.0. The number of β-lactam (4-membered cyclic amide) rings is 1. The van der Waals surface area contributed by atoms with Gasteiger partial charge in [-0.15, -0.1) is 11.8 Å². The van der Waals surface area contributed by atoms with Gasteiger partial charge in [0, 0.05) is 17.4 Å². The topological polar surface area (TPSA) is 158 Å². The molecule has 5 heterocycles. The van der Waals surface area contributed by atoms with Crippen molar-refractivity contribution in [2.75, 3.05) is 18.1 Å². The van der Waals surface area contributed by atoms with Gasteiger partial charge < -0.3 is 25.8 Å². The first-order valence-corrected chi connectivity index (χ1v) is 13.3. The van der Waals surface area contributed by atoms with E-state index >= 15 is 0 Å². The molecule has 3 N–H and O–H groups in total. The summed E-state index contributed by atoms with van der Waals surface area (Å²) in [6.07, 6.45) is 5.58. The number of aliphatic carboxylic acids is 1. The molecule has 192 valence electrons. The van der Waals surface area contributed by atoms with E-state index in [2.05, 4.69) is 15.5 Å². The molecule has 0 radical (unpaired) electrons. The molecule has 2 aliphatic rings. The molecule has 2 atom stereocenters. The number of thiazole rings is 1. The molecular formula is C22H20ClN7O5S2. The average molecular weight is 562 g/mol. The molecule has 37 heavy (non-hydrogen) atoms. The van der Waals surface area contributed by atoms with Crippen molar-refractivity contribution in [3.05, 3.63) is 58.1 Å². The second-order valence-corrected chi connectivity index (χ2v) is 10.8. The molecule has 12 nitrogen and oxygen atoms in total. The van der Waals surface area contributed by atoms with Gasteiger partial charge >= 0.3 is 0 Å². The van der Waals surface area contributed by atoms with Crippen molar-refractivity contribution in [2.24, 2.45) is 5.16 Å². The summed E-state index contributed by atoms with van der Waals surface area (Å²) in [5.41, 5.74) is 6.70. The predicted molar refractivity (Wildman–Crippen MR) is 134 cm³/mol. The Labute approximate surface area is 223 Å². The van der Waals surface area contributed by atoms with Gasteiger partial charge in [-0.2, -0.15) is 0 Å². The lowest BCUT2D eigenvalue weighted by Gasteiger charge is -2.50. The van der Waals surface area contributed by atoms with E-state index in [4.69, 9.17) is 22.2 Å². The molecule has 0 unspecified atom stereocenters. The van der Waals surface area contributed by atoms with Gasteiger partial charge in [-0.25, -0.2) is 14.0 Å². The van der Waals surface area contributed by atoms with Crippen LogP contribution in [0.1, 0.15) is 12.6 Å². The van der Waals surface area contributed by atoms with Gasteiger partial charge in [0.1, 0.15) is 47.0 Å². The molecule has 0 bridgehead atoms. The Balaban J connectivity index is 1.38. The number of hydrogen-bond acceptors (Lipinski definition) is 10. The normalized spacial score (nSPS) is 19.6. The number of hydrogen-bond donors (Lipinski definition) is 2. The molecule has 1 saturated heterocycles. The van der Waals surface area contributed by atoms with Gasteiger partial charge in [0.05, 0.1) is 17.9 Å². The lowest BCUT2D eigenvalue weighted by Crippen LogP contribution is -2.71. The second-order valence-electron chi connectivity index (χ2n) is 8.02. The Morgan fingerprint density at radius 1 is 1.41 bits per heavy atom. The zero-order valence-corrected chi connectivity index (χ0v) is 21.7. The number of amides is 2. The van der Waals surface area contributed by atoms with E-state index in [9.17, 15) is 19.5 Å². The quantitative estimate of drug-likeness (QED) is 0.165. The van der Waals surface area contributed by atoms with Crippen LogP contribution in [0.25, 0.3) is 5.65 Å². The summed E-state index contributed by atoms with van der Waals surface area (Å²) < 4.78 is 3.94. The fourth-order valence-electron chi connectivity index (χ4n) is 4.17. The Hall–Kier alpha value is -3.62. The Kier molecular flexibility index (Phi) is 6.79. The fraction of sp³-hybridized carbons (Fsp3) is 0.273. The first-order chi connectivity index (χ1) is 17.8. The first kappa shape index (κ1) is 25.0. The molecule has 0 aliphatic carbocycles. The number of nitrogen functional groups attached to an aromatic ring is 1. The molecule has 3 aromatic heterocycles. The maximum atomic E-state index is 13.1. The van der Waals surface area contributed by atoms with Crippen LogP contribution in [0, 0.1) is 0 Å². The van der Waals surface area contributed by atoms with E-state index in [1.807, 2.05) is 45.8 Å². The monoisotopic (exact) mass is 561 g/mol. The number of carboxylic acid groups (broad SMARTS) is 1. The largest absolute Gasteiger partial charge is 0.543 e. The minimum absolute atomic E-state index is 0.0319. The Morgan fingerprint density at radius 2 is 2.22 bits per heavy atom. The predicted octanol–water partition coefficient (Wildman–Crippen LogP) is -0.236. The van der Waals surface area contributed by atoms with E-state index in [0.29, 0.717) is 11.3 Å². The third-order valence-electron chi connectivity index (χ3n) is 5.78. The Morgan fingerprint density at radius 3 is 2.92 bits per heavy atom. The maximum absolute atomic E-state index is 13.1. The number of halogens is 1. The zero-order valence-electron chi connectivity index (χ0n) is 19.3. The number of thioether (sulfide) groups is 1. The minimum atomic E-state index is -1.45. The summed E-state index contributed by atoms with van der Waals surface area (Å²) in [5.74, 6) is -2.45. The molecule has 0 spiro atoms. The number of anilines is 1. The van der Waals surface area contributed by atoms with E-state index < -0.39 is 29.2 Å². The van der Waals surface area contributed by atoms with E-state index in [0.717, 1.165) is 21.9 Å². The van der Waals surface area contributed by atoms with Crippen LogP contribution in [0.5, 0.6) is 0 Å². The Bertz CT molecular complexity index is 1480. The van der Waals surface area contributed by atoms with Crippen molar-refractivity contribution in [2.45, 2.75) is 24.9 Å². The highest BCUT2D eigenvalue weighted by molar-refractivity contribution is 8.00. The van der Waals surface area contributed by atoms with Crippen LogP contribution in [0.15, 0.2) is 53.2 Å². The van der Waals surface area contributed by atoms with Gasteiger partial charge in [-0.3, -0.25) is 14.5 Å². The summed E-state index contributed by atoms with van der Waals surface area (Å²) in [4.78, 5) is 48.5. The van der Waals surface area contributed by atoms with Crippen molar-refractivity contribution in [1.29, 1.82) is 0 Å². The van der Waals surface area contributed by atoms with Gasteiger partial charge in [-0.05, 0) is 13.0 Å². The van der Waals surface area contributed by atoms with Crippen molar-refractivity contribution >= 4 is 69.0 Å². The number of carbonyl (C=O) groups is 3. The molecule has 0 saturated carbocycles. The summed E-state index contributed by atoms with van der Waals surface area (Å²) in [6, 6.07) is 4.69. The van der Waals surface area contributed by atoms with E-state index in [1.54, 1.807) is 6.92 Å². The lowest BCUT2D eigenvalue weighted by molar-refractivity contribution is -0.662. The van der Waals surface area contributed by atoms with Crippen LogP contribution in [0.2, 0.25) is 4.34 Å². The number of pyridine rings is 1. The number of oxime groups is 1. The fourth-order valence-corrected chi connectivity index (χ4v) is 6.44. The molecule has 3 aromatic rings. The van der Waals surface area contributed by atoms with Crippen LogP contribution < -0.4 is 20.7 Å². The summed E-state index contributed by atoms with van der Waals surface area (Å²) in [7, 11) is 0.